The molecule has 0 amide bonds. The van der Waals surface area contributed by atoms with Crippen LogP contribution in [0.25, 0.3) is 0 Å². The van der Waals surface area contributed by atoms with Crippen molar-refractivity contribution in [2.24, 2.45) is 0 Å². The third kappa shape index (κ3) is 2.56. The third-order valence-electron chi connectivity index (χ3n) is 3.09. The lowest BCUT2D eigenvalue weighted by molar-refractivity contribution is 0.0601. The molecule has 0 bridgehead atoms. The highest BCUT2D eigenvalue weighted by Gasteiger charge is 2.30. The fourth-order valence-electron chi connectivity index (χ4n) is 2.05. The second kappa shape index (κ2) is 5.27. The summed E-state index contributed by atoms with van der Waals surface area (Å²) in [6, 6.07) is 5.59. The number of carbonyl (C=O) groups excluding carboxylic acids is 1. The second-order valence-electron chi connectivity index (χ2n) is 4.41. The van der Waals surface area contributed by atoms with Gasteiger partial charge in [0.2, 0.25) is 0 Å². The summed E-state index contributed by atoms with van der Waals surface area (Å²) in [4.78, 5) is 13.5. The minimum Gasteiger partial charge on any atom is -0.465 e. The summed E-state index contributed by atoms with van der Waals surface area (Å²) >= 11 is 0. The Morgan fingerprint density at radius 2 is 2.28 bits per heavy atom. The molecule has 0 atom stereocenters. The first kappa shape index (κ1) is 12.7. The van der Waals surface area contributed by atoms with E-state index in [-0.39, 0.29) is 6.61 Å². The van der Waals surface area contributed by atoms with Gasteiger partial charge in [-0.2, -0.15) is 0 Å². The van der Waals surface area contributed by atoms with E-state index in [0.29, 0.717) is 23.8 Å². The van der Waals surface area contributed by atoms with E-state index in [1.807, 2.05) is 6.07 Å². The van der Waals surface area contributed by atoms with E-state index in [1.165, 1.54) is 7.11 Å². The molecule has 0 saturated heterocycles. The lowest BCUT2D eigenvalue weighted by Gasteiger charge is -2.25. The van der Waals surface area contributed by atoms with Crippen LogP contribution in [0.3, 0.4) is 0 Å². The first-order valence-electron chi connectivity index (χ1n) is 6.02. The number of anilines is 2. The molecule has 1 aliphatic carbocycles. The smallest absolute Gasteiger partial charge is 0.337 e. The van der Waals surface area contributed by atoms with E-state index in [4.69, 9.17) is 10.8 Å². The number of hydrogen-bond donors (Lipinski definition) is 2. The van der Waals surface area contributed by atoms with Crippen LogP contribution in [0.1, 0.15) is 23.2 Å². The maximum atomic E-state index is 11.4. The van der Waals surface area contributed by atoms with Gasteiger partial charge in [-0.1, -0.05) is 0 Å². The molecule has 0 radical (unpaired) electrons. The number of nitrogens with zero attached hydrogens (tertiary/aromatic N) is 1. The van der Waals surface area contributed by atoms with Crippen molar-refractivity contribution < 1.29 is 14.6 Å². The largest absolute Gasteiger partial charge is 0.465 e. The summed E-state index contributed by atoms with van der Waals surface area (Å²) in [5.41, 5.74) is 7.84. The van der Waals surface area contributed by atoms with Crippen LogP contribution in [0, 0.1) is 0 Å². The average molecular weight is 250 g/mol. The fraction of sp³-hybridized carbons (Fsp3) is 0.462. The normalized spacial score (nSPS) is 14.3. The Kier molecular flexibility index (Phi) is 3.72. The summed E-state index contributed by atoms with van der Waals surface area (Å²) in [6.07, 6.45) is 2.25. The number of nitrogens with two attached hydrogens (primary N) is 1. The molecule has 1 fully saturated rings. The monoisotopic (exact) mass is 250 g/mol. The van der Waals surface area contributed by atoms with Crippen molar-refractivity contribution in [3.63, 3.8) is 0 Å². The Labute approximate surface area is 106 Å². The Hall–Kier alpha value is -1.75. The van der Waals surface area contributed by atoms with Gasteiger partial charge >= 0.3 is 5.97 Å². The maximum Gasteiger partial charge on any atom is 0.337 e. The van der Waals surface area contributed by atoms with Crippen molar-refractivity contribution in [2.45, 2.75) is 18.9 Å². The van der Waals surface area contributed by atoms with Crippen LogP contribution in [0.4, 0.5) is 11.4 Å². The highest BCUT2D eigenvalue weighted by molar-refractivity contribution is 5.92. The molecule has 1 aromatic carbocycles. The Morgan fingerprint density at radius 3 is 2.78 bits per heavy atom. The van der Waals surface area contributed by atoms with Gasteiger partial charge in [0.05, 0.1) is 30.7 Å². The predicted octanol–water partition coefficient (Wildman–Crippen LogP) is 1.02. The highest BCUT2D eigenvalue weighted by atomic mass is 16.5. The molecule has 0 heterocycles. The molecular weight excluding hydrogens is 232 g/mol. The zero-order chi connectivity index (χ0) is 13.1. The molecule has 0 unspecified atom stereocenters. The van der Waals surface area contributed by atoms with E-state index in [2.05, 4.69) is 9.64 Å². The average Bonchev–Trinajstić information content (AvgIpc) is 3.19. The Balaban J connectivity index is 2.24. The zero-order valence-electron chi connectivity index (χ0n) is 10.4. The van der Waals surface area contributed by atoms with E-state index < -0.39 is 5.97 Å². The molecule has 0 aromatic heterocycles. The molecular formula is C13H18N2O3. The van der Waals surface area contributed by atoms with Gasteiger partial charge in [-0.3, -0.25) is 0 Å². The van der Waals surface area contributed by atoms with Gasteiger partial charge < -0.3 is 20.5 Å². The molecule has 0 aliphatic heterocycles. The SMILES string of the molecule is COC(=O)c1ccc(N(CCO)C2CC2)c(N)c1. The third-order valence-corrected chi connectivity index (χ3v) is 3.09. The topological polar surface area (TPSA) is 75.8 Å². The van der Waals surface area contributed by atoms with E-state index >= 15 is 0 Å². The van der Waals surface area contributed by atoms with Gasteiger partial charge in [-0.25, -0.2) is 4.79 Å². The van der Waals surface area contributed by atoms with Crippen LogP contribution >= 0.6 is 0 Å². The summed E-state index contributed by atoms with van der Waals surface area (Å²) < 4.78 is 4.65. The number of rotatable bonds is 5. The van der Waals surface area contributed by atoms with Crippen molar-refractivity contribution in [3.8, 4) is 0 Å². The molecule has 2 rings (SSSR count). The van der Waals surface area contributed by atoms with Crippen molar-refractivity contribution in [1.29, 1.82) is 0 Å². The second-order valence-corrected chi connectivity index (χ2v) is 4.41. The Morgan fingerprint density at radius 1 is 1.56 bits per heavy atom. The molecule has 18 heavy (non-hydrogen) atoms. The maximum absolute atomic E-state index is 11.4. The van der Waals surface area contributed by atoms with Crippen molar-refractivity contribution in [3.05, 3.63) is 23.8 Å². The fourth-order valence-corrected chi connectivity index (χ4v) is 2.05. The lowest BCUT2D eigenvalue weighted by Crippen LogP contribution is -2.29. The first-order valence-corrected chi connectivity index (χ1v) is 6.02. The van der Waals surface area contributed by atoms with Gasteiger partial charge in [0.1, 0.15) is 0 Å². The number of hydrogen-bond acceptors (Lipinski definition) is 5. The van der Waals surface area contributed by atoms with Crippen molar-refractivity contribution in [1.82, 2.24) is 0 Å². The lowest BCUT2D eigenvalue weighted by atomic mass is 10.1. The van der Waals surface area contributed by atoms with E-state index in [9.17, 15) is 4.79 Å². The molecule has 1 aromatic rings. The summed E-state index contributed by atoms with van der Waals surface area (Å²) in [7, 11) is 1.34. The zero-order valence-corrected chi connectivity index (χ0v) is 10.4. The minimum absolute atomic E-state index is 0.0920. The number of carbonyl (C=O) groups is 1. The molecule has 5 nitrogen and oxygen atoms in total. The number of nitrogen functional groups attached to an aromatic ring is 1. The van der Waals surface area contributed by atoms with Crippen LogP contribution in [0.15, 0.2) is 18.2 Å². The molecule has 1 aliphatic rings. The first-order chi connectivity index (χ1) is 8.67. The number of ether oxygens (including phenoxy) is 1. The van der Waals surface area contributed by atoms with Crippen molar-refractivity contribution >= 4 is 17.3 Å². The minimum atomic E-state index is -0.395. The number of aliphatic hydroxyl groups excluding tert-OH is 1. The van der Waals surface area contributed by atoms with Gasteiger partial charge in [0, 0.05) is 12.6 Å². The van der Waals surface area contributed by atoms with Gasteiger partial charge in [-0.15, -0.1) is 0 Å². The standard InChI is InChI=1S/C13H18N2O3/c1-18-13(17)9-2-5-12(11(14)8-9)15(6-7-16)10-3-4-10/h2,5,8,10,16H,3-4,6-7,14H2,1H3. The van der Waals surface area contributed by atoms with Crippen LogP contribution in [0.2, 0.25) is 0 Å². The van der Waals surface area contributed by atoms with Crippen LogP contribution in [-0.2, 0) is 4.74 Å². The summed E-state index contributed by atoms with van der Waals surface area (Å²) in [6.45, 7) is 0.654. The van der Waals surface area contributed by atoms with Gasteiger partial charge in [0.15, 0.2) is 0 Å². The summed E-state index contributed by atoms with van der Waals surface area (Å²) in [5.74, 6) is -0.395. The molecule has 5 heteroatoms. The highest BCUT2D eigenvalue weighted by Crippen LogP contribution is 2.34. The quantitative estimate of drug-likeness (QED) is 0.602. The molecule has 1 saturated carbocycles. The van der Waals surface area contributed by atoms with Gasteiger partial charge in [-0.05, 0) is 31.0 Å². The summed E-state index contributed by atoms with van der Waals surface area (Å²) in [5, 5.41) is 9.09. The number of esters is 1. The van der Waals surface area contributed by atoms with Crippen LogP contribution < -0.4 is 10.6 Å². The number of methoxy groups -OCH3 is 1. The number of benzene rings is 1. The Bertz CT molecular complexity index is 444. The van der Waals surface area contributed by atoms with Gasteiger partial charge in [0.25, 0.3) is 0 Å². The van der Waals surface area contributed by atoms with Crippen LogP contribution in [0.5, 0.6) is 0 Å². The van der Waals surface area contributed by atoms with E-state index in [1.54, 1.807) is 12.1 Å². The predicted molar refractivity (Wildman–Crippen MR) is 69.6 cm³/mol. The van der Waals surface area contributed by atoms with E-state index in [0.717, 1.165) is 18.5 Å². The molecule has 3 N–H and O–H groups in total. The number of aliphatic hydroxyl groups is 1. The van der Waals surface area contributed by atoms with Crippen molar-refractivity contribution in [2.75, 3.05) is 30.9 Å². The molecule has 0 spiro atoms. The van der Waals surface area contributed by atoms with Crippen LogP contribution in [-0.4, -0.2) is 37.4 Å². The molecule has 98 valence electrons.